The second kappa shape index (κ2) is 12.8. The van der Waals surface area contributed by atoms with E-state index < -0.39 is 35.9 Å². The standard InChI is InChI=1S/C30H30BrN3O6/c1-19-7-3-8-20(15-19)25(18-26(35)36)32-27(37)28-33(29(38)21-9-4-11-23(31)16-21)13-6-14-34(28)30(39)22-10-5-12-24(17-22)40-2/h3-5,7-12,15-17,25,28H,6,13-14,18H2,1-2H3,(H,32,37)(H,35,36). The lowest BCUT2D eigenvalue weighted by molar-refractivity contribution is -0.138. The predicted molar refractivity (Wildman–Crippen MR) is 152 cm³/mol. The Morgan fingerprint density at radius 3 is 2.17 bits per heavy atom. The number of aliphatic carboxylic acids is 1. The van der Waals surface area contributed by atoms with Crippen molar-refractivity contribution >= 4 is 39.6 Å². The summed E-state index contributed by atoms with van der Waals surface area (Å²) in [6.07, 6.45) is -1.22. The van der Waals surface area contributed by atoms with E-state index in [9.17, 15) is 24.3 Å². The molecule has 10 heteroatoms. The van der Waals surface area contributed by atoms with Crippen LogP contribution in [0.2, 0.25) is 0 Å². The molecule has 2 atom stereocenters. The lowest BCUT2D eigenvalue weighted by Crippen LogP contribution is -2.63. The number of ether oxygens (including phenoxy) is 1. The molecular formula is C30H30BrN3O6. The zero-order valence-electron chi connectivity index (χ0n) is 22.2. The van der Waals surface area contributed by atoms with Crippen molar-refractivity contribution in [3.05, 3.63) is 99.5 Å². The fraction of sp³-hybridized carbons (Fsp3) is 0.267. The second-order valence-electron chi connectivity index (χ2n) is 9.54. The van der Waals surface area contributed by atoms with Crippen molar-refractivity contribution in [2.45, 2.75) is 32.0 Å². The zero-order chi connectivity index (χ0) is 28.8. The van der Waals surface area contributed by atoms with E-state index in [2.05, 4.69) is 21.2 Å². The molecule has 2 unspecified atom stereocenters. The van der Waals surface area contributed by atoms with Gasteiger partial charge in [-0.05, 0) is 55.3 Å². The van der Waals surface area contributed by atoms with Crippen LogP contribution >= 0.6 is 15.9 Å². The quantitative estimate of drug-likeness (QED) is 0.392. The Bertz CT molecular complexity index is 1430. The number of aryl methyl sites for hydroxylation is 1. The smallest absolute Gasteiger partial charge is 0.305 e. The first-order valence-corrected chi connectivity index (χ1v) is 13.6. The van der Waals surface area contributed by atoms with Crippen molar-refractivity contribution in [2.24, 2.45) is 0 Å². The Morgan fingerprint density at radius 2 is 1.57 bits per heavy atom. The Balaban J connectivity index is 1.73. The molecule has 0 aromatic heterocycles. The molecule has 9 nitrogen and oxygen atoms in total. The molecular weight excluding hydrogens is 578 g/mol. The number of carboxylic acids is 1. The summed E-state index contributed by atoms with van der Waals surface area (Å²) in [6.45, 7) is 2.33. The van der Waals surface area contributed by atoms with Crippen molar-refractivity contribution in [3.8, 4) is 5.75 Å². The third-order valence-corrected chi connectivity index (χ3v) is 7.17. The second-order valence-corrected chi connectivity index (χ2v) is 10.5. The zero-order valence-corrected chi connectivity index (χ0v) is 23.8. The number of benzene rings is 3. The highest BCUT2D eigenvalue weighted by atomic mass is 79.9. The minimum absolute atomic E-state index is 0.227. The predicted octanol–water partition coefficient (Wildman–Crippen LogP) is 4.41. The van der Waals surface area contributed by atoms with Crippen LogP contribution in [0.25, 0.3) is 0 Å². The summed E-state index contributed by atoms with van der Waals surface area (Å²) in [5, 5.41) is 12.4. The van der Waals surface area contributed by atoms with Crippen LogP contribution < -0.4 is 10.1 Å². The Morgan fingerprint density at radius 1 is 0.950 bits per heavy atom. The summed E-state index contributed by atoms with van der Waals surface area (Å²) < 4.78 is 5.96. The molecule has 2 N–H and O–H groups in total. The first-order chi connectivity index (χ1) is 19.2. The minimum Gasteiger partial charge on any atom is -0.497 e. The van der Waals surface area contributed by atoms with E-state index in [1.54, 1.807) is 66.7 Å². The molecule has 3 amide bonds. The van der Waals surface area contributed by atoms with Crippen molar-refractivity contribution in [1.29, 1.82) is 0 Å². The van der Waals surface area contributed by atoms with E-state index in [1.165, 1.54) is 16.9 Å². The van der Waals surface area contributed by atoms with Gasteiger partial charge in [0.2, 0.25) is 0 Å². The molecule has 0 aliphatic carbocycles. The van der Waals surface area contributed by atoms with Gasteiger partial charge in [0, 0.05) is 28.7 Å². The number of carboxylic acid groups (broad SMARTS) is 1. The monoisotopic (exact) mass is 607 g/mol. The molecule has 1 aliphatic heterocycles. The molecule has 1 saturated heterocycles. The van der Waals surface area contributed by atoms with Gasteiger partial charge in [-0.2, -0.15) is 0 Å². The van der Waals surface area contributed by atoms with E-state index in [1.807, 2.05) is 13.0 Å². The maximum absolute atomic E-state index is 14.0. The van der Waals surface area contributed by atoms with Gasteiger partial charge in [0.1, 0.15) is 5.75 Å². The minimum atomic E-state index is -1.31. The third-order valence-electron chi connectivity index (χ3n) is 6.67. The van der Waals surface area contributed by atoms with Gasteiger partial charge in [0.05, 0.1) is 19.6 Å². The SMILES string of the molecule is COc1cccc(C(=O)N2CCCN(C(=O)c3cccc(Br)c3)C2C(=O)NC(CC(=O)O)c2cccc(C)c2)c1. The normalized spacial score (nSPS) is 15.7. The molecule has 3 aromatic carbocycles. The van der Waals surface area contributed by atoms with Gasteiger partial charge in [-0.1, -0.05) is 57.9 Å². The number of methoxy groups -OCH3 is 1. The summed E-state index contributed by atoms with van der Waals surface area (Å²) in [6, 6.07) is 19.7. The lowest BCUT2D eigenvalue weighted by Gasteiger charge is -2.43. The van der Waals surface area contributed by atoms with Gasteiger partial charge in [0.15, 0.2) is 6.17 Å². The van der Waals surface area contributed by atoms with E-state index in [-0.39, 0.29) is 19.5 Å². The Labute approximate surface area is 240 Å². The van der Waals surface area contributed by atoms with Crippen LogP contribution in [-0.2, 0) is 9.59 Å². The molecule has 40 heavy (non-hydrogen) atoms. The average Bonchev–Trinajstić information content (AvgIpc) is 2.95. The lowest BCUT2D eigenvalue weighted by atomic mass is 10.0. The maximum atomic E-state index is 14.0. The van der Waals surface area contributed by atoms with Gasteiger partial charge in [-0.3, -0.25) is 19.2 Å². The third kappa shape index (κ3) is 6.69. The van der Waals surface area contributed by atoms with E-state index >= 15 is 0 Å². The van der Waals surface area contributed by atoms with Crippen LogP contribution in [0.5, 0.6) is 5.75 Å². The Kier molecular flexibility index (Phi) is 9.21. The largest absolute Gasteiger partial charge is 0.497 e. The topological polar surface area (TPSA) is 116 Å². The van der Waals surface area contributed by atoms with Crippen molar-refractivity contribution in [3.63, 3.8) is 0 Å². The fourth-order valence-corrected chi connectivity index (χ4v) is 5.20. The number of hydrogen-bond acceptors (Lipinski definition) is 5. The number of nitrogens with zero attached hydrogens (tertiary/aromatic N) is 2. The highest BCUT2D eigenvalue weighted by Crippen LogP contribution is 2.25. The van der Waals surface area contributed by atoms with Gasteiger partial charge >= 0.3 is 5.97 Å². The maximum Gasteiger partial charge on any atom is 0.305 e. The highest BCUT2D eigenvalue weighted by Gasteiger charge is 2.41. The van der Waals surface area contributed by atoms with Crippen molar-refractivity contribution in [1.82, 2.24) is 15.1 Å². The van der Waals surface area contributed by atoms with E-state index in [0.717, 1.165) is 5.56 Å². The first-order valence-electron chi connectivity index (χ1n) is 12.8. The number of nitrogens with one attached hydrogen (secondary N) is 1. The van der Waals surface area contributed by atoms with Gasteiger partial charge < -0.3 is 25.0 Å². The van der Waals surface area contributed by atoms with Crippen molar-refractivity contribution < 1.29 is 29.0 Å². The number of hydrogen-bond donors (Lipinski definition) is 2. The van der Waals surface area contributed by atoms with E-state index in [0.29, 0.717) is 33.3 Å². The van der Waals surface area contributed by atoms with Crippen molar-refractivity contribution in [2.75, 3.05) is 20.2 Å². The summed E-state index contributed by atoms with van der Waals surface area (Å²) in [5.74, 6) is -2.13. The number of carbonyl (C=O) groups excluding carboxylic acids is 3. The molecule has 0 saturated carbocycles. The van der Waals surface area contributed by atoms with Crippen LogP contribution in [0, 0.1) is 6.92 Å². The molecule has 1 fully saturated rings. The number of carbonyl (C=O) groups is 4. The van der Waals surface area contributed by atoms with Gasteiger partial charge in [-0.15, -0.1) is 0 Å². The average molecular weight is 608 g/mol. The Hall–Kier alpha value is -4.18. The highest BCUT2D eigenvalue weighted by molar-refractivity contribution is 9.10. The molecule has 0 radical (unpaired) electrons. The fourth-order valence-electron chi connectivity index (χ4n) is 4.80. The summed E-state index contributed by atoms with van der Waals surface area (Å²) >= 11 is 3.38. The molecule has 208 valence electrons. The molecule has 0 spiro atoms. The first kappa shape index (κ1) is 28.8. The molecule has 0 bridgehead atoms. The number of amides is 3. The molecule has 1 heterocycles. The van der Waals surface area contributed by atoms with Crippen LogP contribution in [0.15, 0.2) is 77.3 Å². The molecule has 4 rings (SSSR count). The number of halogens is 1. The van der Waals surface area contributed by atoms with Gasteiger partial charge in [0.25, 0.3) is 17.7 Å². The van der Waals surface area contributed by atoms with Crippen LogP contribution in [0.4, 0.5) is 0 Å². The summed E-state index contributed by atoms with van der Waals surface area (Å²) in [5.41, 5.74) is 2.17. The van der Waals surface area contributed by atoms with E-state index in [4.69, 9.17) is 4.74 Å². The number of rotatable bonds is 8. The molecule has 1 aliphatic rings. The van der Waals surface area contributed by atoms with Crippen LogP contribution in [0.1, 0.15) is 50.7 Å². The summed E-state index contributed by atoms with van der Waals surface area (Å²) in [4.78, 5) is 56.0. The molecule has 3 aromatic rings. The summed E-state index contributed by atoms with van der Waals surface area (Å²) in [7, 11) is 1.49. The van der Waals surface area contributed by atoms with Gasteiger partial charge in [-0.25, -0.2) is 0 Å². The van der Waals surface area contributed by atoms with Crippen LogP contribution in [-0.4, -0.2) is 65.0 Å². The van der Waals surface area contributed by atoms with Crippen LogP contribution in [0.3, 0.4) is 0 Å².